The second kappa shape index (κ2) is 3.93. The summed E-state index contributed by atoms with van der Waals surface area (Å²) in [6.45, 7) is 3.64. The van der Waals surface area contributed by atoms with Gasteiger partial charge in [-0.1, -0.05) is 24.3 Å². The van der Waals surface area contributed by atoms with Gasteiger partial charge in [-0.2, -0.15) is 0 Å². The lowest BCUT2D eigenvalue weighted by Gasteiger charge is -2.11. The number of nitrogen functional groups attached to an aromatic ring is 1. The molecule has 4 N–H and O–H groups in total. The smallest absolute Gasteiger partial charge is 0.0362 e. The van der Waals surface area contributed by atoms with Crippen molar-refractivity contribution < 1.29 is 0 Å². The molecule has 0 saturated carbocycles. The van der Waals surface area contributed by atoms with Gasteiger partial charge in [-0.25, -0.2) is 0 Å². The van der Waals surface area contributed by atoms with Crippen molar-refractivity contribution >= 4 is 5.69 Å². The van der Waals surface area contributed by atoms with E-state index in [0.717, 1.165) is 17.7 Å². The molecule has 0 heterocycles. The van der Waals surface area contributed by atoms with E-state index in [1.807, 2.05) is 24.3 Å². The van der Waals surface area contributed by atoms with Gasteiger partial charge in [0.2, 0.25) is 0 Å². The normalized spacial score (nSPS) is 12.4. The maximum Gasteiger partial charge on any atom is 0.0362 e. The van der Waals surface area contributed by atoms with Gasteiger partial charge in [0.15, 0.2) is 0 Å². The molecule has 1 rings (SSSR count). The van der Waals surface area contributed by atoms with Crippen LogP contribution in [0.2, 0.25) is 0 Å². The van der Waals surface area contributed by atoms with Crippen LogP contribution in [0.15, 0.2) is 36.9 Å². The van der Waals surface area contributed by atoms with Gasteiger partial charge in [-0.3, -0.25) is 0 Å². The standard InChI is InChI=1S/C10H14N2/c1-2-5-9(11)8-6-3-4-7-10(8)12/h2-4,6-7,9H,1,5,11-12H2/t9-/m1/s1. The SMILES string of the molecule is C=CC[C@@H](N)c1ccccc1N. The molecule has 0 aliphatic rings. The van der Waals surface area contributed by atoms with Crippen LogP contribution in [0.5, 0.6) is 0 Å². The first-order valence-electron chi connectivity index (χ1n) is 3.96. The molecule has 0 unspecified atom stereocenters. The topological polar surface area (TPSA) is 52.0 Å². The first kappa shape index (κ1) is 8.81. The maximum absolute atomic E-state index is 5.86. The minimum absolute atomic E-state index is 0.0244. The largest absolute Gasteiger partial charge is 0.398 e. The average molecular weight is 162 g/mol. The highest BCUT2D eigenvalue weighted by atomic mass is 14.7. The van der Waals surface area contributed by atoms with Crippen LogP contribution in [0.1, 0.15) is 18.0 Å². The first-order chi connectivity index (χ1) is 5.75. The van der Waals surface area contributed by atoms with Crippen LogP contribution in [0.4, 0.5) is 5.69 Å². The molecule has 2 heteroatoms. The van der Waals surface area contributed by atoms with Crippen LogP contribution in [-0.2, 0) is 0 Å². The predicted octanol–water partition coefficient (Wildman–Crippen LogP) is 1.84. The van der Waals surface area contributed by atoms with Crippen molar-refractivity contribution in [3.63, 3.8) is 0 Å². The van der Waals surface area contributed by atoms with Gasteiger partial charge < -0.3 is 11.5 Å². The monoisotopic (exact) mass is 162 g/mol. The Balaban J connectivity index is 2.86. The van der Waals surface area contributed by atoms with Gasteiger partial charge in [-0.15, -0.1) is 6.58 Å². The summed E-state index contributed by atoms with van der Waals surface area (Å²) < 4.78 is 0. The van der Waals surface area contributed by atoms with Crippen LogP contribution < -0.4 is 11.5 Å². The third-order valence-corrected chi connectivity index (χ3v) is 1.82. The molecule has 1 aromatic carbocycles. The number of hydrogen-bond donors (Lipinski definition) is 2. The molecule has 0 amide bonds. The molecule has 0 radical (unpaired) electrons. The molecular formula is C10H14N2. The van der Waals surface area contributed by atoms with Crippen molar-refractivity contribution in [2.45, 2.75) is 12.5 Å². The van der Waals surface area contributed by atoms with Crippen molar-refractivity contribution in [1.29, 1.82) is 0 Å². The molecule has 0 spiro atoms. The number of para-hydroxylation sites is 1. The summed E-state index contributed by atoms with van der Waals surface area (Å²) >= 11 is 0. The van der Waals surface area contributed by atoms with E-state index < -0.39 is 0 Å². The van der Waals surface area contributed by atoms with E-state index in [-0.39, 0.29) is 6.04 Å². The summed E-state index contributed by atoms with van der Waals surface area (Å²) in [6, 6.07) is 7.62. The van der Waals surface area contributed by atoms with Crippen LogP contribution in [0, 0.1) is 0 Å². The summed E-state index contributed by atoms with van der Waals surface area (Å²) in [6.07, 6.45) is 2.56. The van der Waals surface area contributed by atoms with Crippen molar-refractivity contribution in [3.05, 3.63) is 42.5 Å². The zero-order valence-corrected chi connectivity index (χ0v) is 7.03. The Bertz CT molecular complexity index is 268. The zero-order valence-electron chi connectivity index (χ0n) is 7.03. The van der Waals surface area contributed by atoms with Gasteiger partial charge in [0.25, 0.3) is 0 Å². The molecule has 2 nitrogen and oxygen atoms in total. The molecule has 0 aliphatic heterocycles. The van der Waals surface area contributed by atoms with Gasteiger partial charge in [-0.05, 0) is 18.1 Å². The van der Waals surface area contributed by atoms with Gasteiger partial charge in [0.1, 0.15) is 0 Å². The lowest BCUT2D eigenvalue weighted by molar-refractivity contribution is 0.744. The van der Waals surface area contributed by atoms with Gasteiger partial charge >= 0.3 is 0 Å². The van der Waals surface area contributed by atoms with Crippen LogP contribution in [0.3, 0.4) is 0 Å². The summed E-state index contributed by atoms with van der Waals surface area (Å²) in [4.78, 5) is 0. The van der Waals surface area contributed by atoms with E-state index >= 15 is 0 Å². The number of hydrogen-bond acceptors (Lipinski definition) is 2. The van der Waals surface area contributed by atoms with E-state index in [2.05, 4.69) is 6.58 Å². The van der Waals surface area contributed by atoms with Crippen molar-refractivity contribution in [2.75, 3.05) is 5.73 Å². The second-order valence-electron chi connectivity index (χ2n) is 2.76. The predicted molar refractivity (Wildman–Crippen MR) is 52.6 cm³/mol. The molecule has 0 aromatic heterocycles. The van der Waals surface area contributed by atoms with Gasteiger partial charge in [0.05, 0.1) is 0 Å². The number of benzene rings is 1. The van der Waals surface area contributed by atoms with Crippen molar-refractivity contribution in [1.82, 2.24) is 0 Å². The Morgan fingerprint density at radius 2 is 2.08 bits per heavy atom. The Labute approximate surface area is 72.9 Å². The van der Waals surface area contributed by atoms with E-state index in [0.29, 0.717) is 0 Å². The lowest BCUT2D eigenvalue weighted by atomic mass is 10.0. The second-order valence-corrected chi connectivity index (χ2v) is 2.76. The quantitative estimate of drug-likeness (QED) is 0.526. The fourth-order valence-electron chi connectivity index (χ4n) is 1.16. The lowest BCUT2D eigenvalue weighted by Crippen LogP contribution is -2.11. The summed E-state index contributed by atoms with van der Waals surface area (Å²) in [5.41, 5.74) is 13.3. The average Bonchev–Trinajstić information content (AvgIpc) is 2.05. The highest BCUT2D eigenvalue weighted by Crippen LogP contribution is 2.20. The third kappa shape index (κ3) is 1.86. The third-order valence-electron chi connectivity index (χ3n) is 1.82. The highest BCUT2D eigenvalue weighted by molar-refractivity contribution is 5.48. The van der Waals surface area contributed by atoms with Crippen LogP contribution in [0.25, 0.3) is 0 Å². The Hall–Kier alpha value is -1.28. The summed E-state index contributed by atoms with van der Waals surface area (Å²) in [7, 11) is 0. The van der Waals surface area contributed by atoms with E-state index in [1.54, 1.807) is 6.08 Å². The Morgan fingerprint density at radius 1 is 1.42 bits per heavy atom. The highest BCUT2D eigenvalue weighted by Gasteiger charge is 2.05. The van der Waals surface area contributed by atoms with Crippen LogP contribution >= 0.6 is 0 Å². The van der Waals surface area contributed by atoms with E-state index in [4.69, 9.17) is 11.5 Å². The fourth-order valence-corrected chi connectivity index (χ4v) is 1.16. The van der Waals surface area contributed by atoms with Crippen molar-refractivity contribution in [3.8, 4) is 0 Å². The molecule has 12 heavy (non-hydrogen) atoms. The van der Waals surface area contributed by atoms with E-state index in [1.165, 1.54) is 0 Å². The molecule has 1 aromatic rings. The Morgan fingerprint density at radius 3 is 2.67 bits per heavy atom. The fraction of sp³-hybridized carbons (Fsp3) is 0.200. The molecule has 0 fully saturated rings. The molecule has 1 atom stereocenters. The summed E-state index contributed by atoms with van der Waals surface area (Å²) in [5, 5.41) is 0. The minimum atomic E-state index is -0.0244. The minimum Gasteiger partial charge on any atom is -0.398 e. The molecule has 0 saturated heterocycles. The van der Waals surface area contributed by atoms with Crippen molar-refractivity contribution in [2.24, 2.45) is 5.73 Å². The Kier molecular flexibility index (Phi) is 2.88. The number of anilines is 1. The van der Waals surface area contributed by atoms with Gasteiger partial charge in [0, 0.05) is 11.7 Å². The molecule has 0 bridgehead atoms. The molecule has 0 aliphatic carbocycles. The van der Waals surface area contributed by atoms with E-state index in [9.17, 15) is 0 Å². The molecular weight excluding hydrogens is 148 g/mol. The zero-order chi connectivity index (χ0) is 8.97. The maximum atomic E-state index is 5.86. The first-order valence-corrected chi connectivity index (χ1v) is 3.96. The summed E-state index contributed by atoms with van der Waals surface area (Å²) in [5.74, 6) is 0. The van der Waals surface area contributed by atoms with Crippen LogP contribution in [-0.4, -0.2) is 0 Å². The number of rotatable bonds is 3. The molecule has 64 valence electrons. The number of nitrogens with two attached hydrogens (primary N) is 2.